The maximum Gasteiger partial charge on any atom is 0.0408 e. The van der Waals surface area contributed by atoms with E-state index in [0.29, 0.717) is 6.04 Å². The lowest BCUT2D eigenvalue weighted by Crippen LogP contribution is -2.37. The van der Waals surface area contributed by atoms with Crippen molar-refractivity contribution in [3.63, 3.8) is 0 Å². The molecule has 0 aliphatic heterocycles. The molecule has 1 aliphatic carbocycles. The van der Waals surface area contributed by atoms with Gasteiger partial charge in [-0.25, -0.2) is 0 Å². The van der Waals surface area contributed by atoms with Gasteiger partial charge in [-0.15, -0.1) is 0 Å². The van der Waals surface area contributed by atoms with Crippen LogP contribution in [0.25, 0.3) is 0 Å². The number of rotatable bonds is 5. The van der Waals surface area contributed by atoms with Gasteiger partial charge in [0.1, 0.15) is 0 Å². The van der Waals surface area contributed by atoms with Crippen LogP contribution in [0.2, 0.25) is 5.02 Å². The van der Waals surface area contributed by atoms with Gasteiger partial charge in [-0.2, -0.15) is 0 Å². The molecule has 0 spiro atoms. The Labute approximate surface area is 122 Å². The third kappa shape index (κ3) is 3.73. The summed E-state index contributed by atoms with van der Waals surface area (Å²) >= 11 is 6.06. The van der Waals surface area contributed by atoms with Gasteiger partial charge in [-0.1, -0.05) is 45.4 Å². The first kappa shape index (κ1) is 14.9. The molecule has 2 heteroatoms. The van der Waals surface area contributed by atoms with Gasteiger partial charge < -0.3 is 5.32 Å². The van der Waals surface area contributed by atoms with Crippen LogP contribution in [-0.4, -0.2) is 12.6 Å². The average molecular weight is 280 g/mol. The van der Waals surface area contributed by atoms with E-state index in [0.717, 1.165) is 42.2 Å². The first-order valence-corrected chi connectivity index (χ1v) is 7.86. The van der Waals surface area contributed by atoms with Crippen LogP contribution in [0.1, 0.15) is 38.8 Å². The summed E-state index contributed by atoms with van der Waals surface area (Å²) < 4.78 is 0. The molecule has 0 saturated carbocycles. The van der Waals surface area contributed by atoms with E-state index < -0.39 is 0 Å². The molecule has 0 aromatic heterocycles. The number of halogens is 1. The summed E-state index contributed by atoms with van der Waals surface area (Å²) in [6, 6.07) is 6.91. The normalized spacial score (nSPS) is 18.6. The zero-order valence-corrected chi connectivity index (χ0v) is 13.3. The molecule has 1 aromatic carbocycles. The summed E-state index contributed by atoms with van der Waals surface area (Å²) in [5.41, 5.74) is 2.89. The Bertz CT molecular complexity index is 417. The molecule has 1 unspecified atom stereocenters. The Kier molecular flexibility index (Phi) is 4.92. The minimum absolute atomic E-state index is 0.591. The highest BCUT2D eigenvalue weighted by molar-refractivity contribution is 6.30. The Morgan fingerprint density at radius 1 is 1.11 bits per heavy atom. The van der Waals surface area contributed by atoms with Gasteiger partial charge in [0.05, 0.1) is 0 Å². The second-order valence-electron chi connectivity index (χ2n) is 6.58. The van der Waals surface area contributed by atoms with E-state index in [4.69, 9.17) is 11.6 Å². The van der Waals surface area contributed by atoms with Gasteiger partial charge in [0.15, 0.2) is 0 Å². The van der Waals surface area contributed by atoms with Crippen molar-refractivity contribution in [2.75, 3.05) is 6.54 Å². The number of hydrogen-bond donors (Lipinski definition) is 1. The maximum absolute atomic E-state index is 6.06. The van der Waals surface area contributed by atoms with Crippen molar-refractivity contribution in [3.8, 4) is 0 Å². The molecular formula is C17H26ClN. The van der Waals surface area contributed by atoms with E-state index in [9.17, 15) is 0 Å². The first-order valence-electron chi connectivity index (χ1n) is 7.48. The second-order valence-corrected chi connectivity index (χ2v) is 7.01. The van der Waals surface area contributed by atoms with E-state index in [1.165, 1.54) is 11.1 Å². The fourth-order valence-corrected chi connectivity index (χ4v) is 3.47. The van der Waals surface area contributed by atoms with Crippen molar-refractivity contribution in [2.45, 2.75) is 46.6 Å². The zero-order valence-electron chi connectivity index (χ0n) is 12.5. The second kappa shape index (κ2) is 6.28. The van der Waals surface area contributed by atoms with Crippen molar-refractivity contribution < 1.29 is 0 Å². The molecule has 0 heterocycles. The minimum Gasteiger partial charge on any atom is -0.313 e. The predicted octanol–water partition coefficient (Wildman–Crippen LogP) is 4.33. The lowest BCUT2D eigenvalue weighted by Gasteiger charge is -2.27. The smallest absolute Gasteiger partial charge is 0.0408 e. The van der Waals surface area contributed by atoms with Crippen LogP contribution < -0.4 is 5.32 Å². The summed E-state index contributed by atoms with van der Waals surface area (Å²) in [6.07, 6.45) is 2.27. The molecule has 1 aromatic rings. The third-order valence-electron chi connectivity index (χ3n) is 4.46. The van der Waals surface area contributed by atoms with Gasteiger partial charge in [-0.05, 0) is 60.4 Å². The van der Waals surface area contributed by atoms with E-state index in [-0.39, 0.29) is 0 Å². The summed E-state index contributed by atoms with van der Waals surface area (Å²) in [5, 5.41) is 4.63. The molecule has 0 radical (unpaired) electrons. The molecule has 1 nitrogen and oxygen atoms in total. The zero-order chi connectivity index (χ0) is 14.0. The standard InChI is InChI=1S/C17H26ClN/c1-11(2)17(12(3)4)10-19-16-8-13-5-6-15(18)7-14(13)9-16/h5-7,11-12,16-17,19H,8-10H2,1-4H3. The minimum atomic E-state index is 0.591. The molecule has 106 valence electrons. The third-order valence-corrected chi connectivity index (χ3v) is 4.69. The fraction of sp³-hybridized carbons (Fsp3) is 0.647. The van der Waals surface area contributed by atoms with Crippen molar-refractivity contribution in [1.29, 1.82) is 0 Å². The monoisotopic (exact) mass is 279 g/mol. The number of hydrogen-bond acceptors (Lipinski definition) is 1. The maximum atomic E-state index is 6.06. The van der Waals surface area contributed by atoms with Crippen LogP contribution in [0.15, 0.2) is 18.2 Å². The number of nitrogens with one attached hydrogen (secondary N) is 1. The SMILES string of the molecule is CC(C)C(CNC1Cc2ccc(Cl)cc2C1)C(C)C. The van der Waals surface area contributed by atoms with E-state index in [1.807, 2.05) is 6.07 Å². The Balaban J connectivity index is 1.90. The molecule has 1 atom stereocenters. The molecule has 2 rings (SSSR count). The van der Waals surface area contributed by atoms with Crippen LogP contribution in [0.5, 0.6) is 0 Å². The van der Waals surface area contributed by atoms with E-state index >= 15 is 0 Å². The van der Waals surface area contributed by atoms with E-state index in [1.54, 1.807) is 0 Å². The van der Waals surface area contributed by atoms with Gasteiger partial charge in [-0.3, -0.25) is 0 Å². The largest absolute Gasteiger partial charge is 0.313 e. The molecule has 0 fully saturated rings. The molecule has 0 saturated heterocycles. The molecule has 0 bridgehead atoms. The van der Waals surface area contributed by atoms with Crippen LogP contribution in [0.3, 0.4) is 0 Å². The van der Waals surface area contributed by atoms with Crippen LogP contribution in [-0.2, 0) is 12.8 Å². The van der Waals surface area contributed by atoms with Crippen LogP contribution in [0, 0.1) is 17.8 Å². The molecular weight excluding hydrogens is 254 g/mol. The topological polar surface area (TPSA) is 12.0 Å². The first-order chi connectivity index (χ1) is 8.97. The highest BCUT2D eigenvalue weighted by Crippen LogP contribution is 2.26. The van der Waals surface area contributed by atoms with Gasteiger partial charge in [0.2, 0.25) is 0 Å². The van der Waals surface area contributed by atoms with Crippen molar-refractivity contribution in [2.24, 2.45) is 17.8 Å². The number of fused-ring (bicyclic) bond motifs is 1. The summed E-state index contributed by atoms with van der Waals surface area (Å²) in [5.74, 6) is 2.24. The Morgan fingerprint density at radius 2 is 1.74 bits per heavy atom. The Morgan fingerprint density at radius 3 is 2.37 bits per heavy atom. The summed E-state index contributed by atoms with van der Waals surface area (Å²) in [7, 11) is 0. The quantitative estimate of drug-likeness (QED) is 0.846. The van der Waals surface area contributed by atoms with E-state index in [2.05, 4.69) is 45.1 Å². The Hall–Kier alpha value is -0.530. The lowest BCUT2D eigenvalue weighted by molar-refractivity contribution is 0.266. The van der Waals surface area contributed by atoms with Crippen molar-refractivity contribution in [3.05, 3.63) is 34.3 Å². The van der Waals surface area contributed by atoms with Crippen LogP contribution >= 0.6 is 11.6 Å². The average Bonchev–Trinajstić information content (AvgIpc) is 2.70. The highest BCUT2D eigenvalue weighted by Gasteiger charge is 2.24. The highest BCUT2D eigenvalue weighted by atomic mass is 35.5. The van der Waals surface area contributed by atoms with Crippen LogP contribution in [0.4, 0.5) is 0 Å². The molecule has 1 aliphatic rings. The van der Waals surface area contributed by atoms with Gasteiger partial charge >= 0.3 is 0 Å². The number of benzene rings is 1. The molecule has 0 amide bonds. The summed E-state index contributed by atoms with van der Waals surface area (Å²) in [4.78, 5) is 0. The molecule has 19 heavy (non-hydrogen) atoms. The molecule has 1 N–H and O–H groups in total. The fourth-order valence-electron chi connectivity index (χ4n) is 3.28. The van der Waals surface area contributed by atoms with Gasteiger partial charge in [0, 0.05) is 11.1 Å². The van der Waals surface area contributed by atoms with Crippen molar-refractivity contribution in [1.82, 2.24) is 5.32 Å². The summed E-state index contributed by atoms with van der Waals surface area (Å²) in [6.45, 7) is 10.4. The predicted molar refractivity (Wildman–Crippen MR) is 83.8 cm³/mol. The lowest BCUT2D eigenvalue weighted by atomic mass is 9.85. The van der Waals surface area contributed by atoms with Gasteiger partial charge in [0.25, 0.3) is 0 Å². The van der Waals surface area contributed by atoms with Crippen molar-refractivity contribution >= 4 is 11.6 Å².